The molecule has 20 heavy (non-hydrogen) atoms. The summed E-state index contributed by atoms with van der Waals surface area (Å²) < 4.78 is 9.98. The summed E-state index contributed by atoms with van der Waals surface area (Å²) in [4.78, 5) is 11.5. The summed E-state index contributed by atoms with van der Waals surface area (Å²) in [6.45, 7) is 3.42. The van der Waals surface area contributed by atoms with Gasteiger partial charge in [0, 0.05) is 26.7 Å². The van der Waals surface area contributed by atoms with E-state index in [9.17, 15) is 4.79 Å². The molecule has 0 fully saturated rings. The zero-order valence-corrected chi connectivity index (χ0v) is 12.4. The van der Waals surface area contributed by atoms with Crippen molar-refractivity contribution in [2.75, 3.05) is 26.9 Å². The second-order valence-corrected chi connectivity index (χ2v) is 4.53. The minimum absolute atomic E-state index is 0. The molecule has 0 unspecified atom stereocenters. The molecule has 6 heteroatoms. The van der Waals surface area contributed by atoms with Crippen molar-refractivity contribution in [3.63, 3.8) is 0 Å². The maximum absolute atomic E-state index is 11.5. The first-order valence-corrected chi connectivity index (χ1v) is 6.44. The highest BCUT2D eigenvalue weighted by Gasteiger charge is 2.10. The van der Waals surface area contributed by atoms with Crippen LogP contribution < -0.4 is 10.6 Å². The number of fused-ring (bicyclic) bond motifs is 1. The number of hydrogen-bond acceptors (Lipinski definition) is 4. The van der Waals surface area contributed by atoms with Gasteiger partial charge in [0.05, 0.1) is 13.2 Å². The third-order valence-corrected chi connectivity index (χ3v) is 3.06. The number of benzene rings is 1. The SMILES string of the molecule is COCCOCC(=O)NCc1ccc2c(c1)CNC2.Cl. The summed E-state index contributed by atoms with van der Waals surface area (Å²) in [5.74, 6) is -0.102. The first kappa shape index (κ1) is 16.9. The molecule has 1 amide bonds. The van der Waals surface area contributed by atoms with E-state index < -0.39 is 0 Å². The van der Waals surface area contributed by atoms with E-state index in [0.29, 0.717) is 19.8 Å². The van der Waals surface area contributed by atoms with Gasteiger partial charge in [0.1, 0.15) is 6.61 Å². The zero-order chi connectivity index (χ0) is 13.5. The lowest BCUT2D eigenvalue weighted by molar-refractivity contribution is -0.126. The molecule has 0 radical (unpaired) electrons. The van der Waals surface area contributed by atoms with E-state index in [1.54, 1.807) is 7.11 Å². The van der Waals surface area contributed by atoms with Gasteiger partial charge in [-0.1, -0.05) is 18.2 Å². The molecule has 1 aromatic rings. The van der Waals surface area contributed by atoms with E-state index in [-0.39, 0.29) is 24.9 Å². The Morgan fingerprint density at radius 1 is 1.30 bits per heavy atom. The van der Waals surface area contributed by atoms with Gasteiger partial charge in [-0.25, -0.2) is 0 Å². The summed E-state index contributed by atoms with van der Waals surface area (Å²) in [5, 5.41) is 6.14. The van der Waals surface area contributed by atoms with Crippen LogP contribution in [0.3, 0.4) is 0 Å². The van der Waals surface area contributed by atoms with Crippen LogP contribution in [0.2, 0.25) is 0 Å². The Bertz CT molecular complexity index is 440. The monoisotopic (exact) mass is 300 g/mol. The predicted molar refractivity (Wildman–Crippen MR) is 78.8 cm³/mol. The van der Waals surface area contributed by atoms with E-state index >= 15 is 0 Å². The number of rotatable bonds is 7. The fraction of sp³-hybridized carbons (Fsp3) is 0.500. The Morgan fingerprint density at radius 2 is 2.10 bits per heavy atom. The Hall–Kier alpha value is -1.14. The van der Waals surface area contributed by atoms with Crippen molar-refractivity contribution in [2.24, 2.45) is 0 Å². The molecule has 1 aliphatic rings. The number of hydrogen-bond donors (Lipinski definition) is 2. The predicted octanol–water partition coefficient (Wildman–Crippen LogP) is 0.991. The summed E-state index contributed by atoms with van der Waals surface area (Å²) in [6.07, 6.45) is 0. The van der Waals surface area contributed by atoms with Gasteiger partial charge in [0.2, 0.25) is 5.91 Å². The van der Waals surface area contributed by atoms with Crippen molar-refractivity contribution in [3.8, 4) is 0 Å². The number of nitrogens with one attached hydrogen (secondary N) is 2. The van der Waals surface area contributed by atoms with Crippen LogP contribution in [0, 0.1) is 0 Å². The molecule has 0 aliphatic carbocycles. The summed E-state index contributed by atoms with van der Waals surface area (Å²) >= 11 is 0. The Morgan fingerprint density at radius 3 is 2.90 bits per heavy atom. The summed E-state index contributed by atoms with van der Waals surface area (Å²) in [7, 11) is 1.60. The molecule has 2 N–H and O–H groups in total. The van der Waals surface area contributed by atoms with Gasteiger partial charge in [-0.05, 0) is 16.7 Å². The minimum atomic E-state index is -0.102. The number of halogens is 1. The molecule has 0 spiro atoms. The van der Waals surface area contributed by atoms with Crippen molar-refractivity contribution in [3.05, 3.63) is 34.9 Å². The molecule has 0 saturated heterocycles. The summed E-state index contributed by atoms with van der Waals surface area (Å²) in [5.41, 5.74) is 3.79. The average molecular weight is 301 g/mol. The van der Waals surface area contributed by atoms with Crippen LogP contribution in [-0.2, 0) is 33.9 Å². The maximum atomic E-state index is 11.5. The van der Waals surface area contributed by atoms with Crippen LogP contribution in [0.25, 0.3) is 0 Å². The normalized spacial score (nSPS) is 12.7. The van der Waals surface area contributed by atoms with Crippen molar-refractivity contribution >= 4 is 18.3 Å². The van der Waals surface area contributed by atoms with Crippen LogP contribution in [0.1, 0.15) is 16.7 Å². The first-order valence-electron chi connectivity index (χ1n) is 6.44. The fourth-order valence-corrected chi connectivity index (χ4v) is 2.02. The molecule has 0 aromatic heterocycles. The number of ether oxygens (including phenoxy) is 2. The lowest BCUT2D eigenvalue weighted by atomic mass is 10.1. The van der Waals surface area contributed by atoms with Gasteiger partial charge in [-0.2, -0.15) is 0 Å². The molecule has 0 saturated carbocycles. The van der Waals surface area contributed by atoms with E-state index in [1.807, 2.05) is 0 Å². The van der Waals surface area contributed by atoms with E-state index in [0.717, 1.165) is 18.7 Å². The van der Waals surface area contributed by atoms with Crippen LogP contribution in [0.5, 0.6) is 0 Å². The highest BCUT2D eigenvalue weighted by atomic mass is 35.5. The van der Waals surface area contributed by atoms with Crippen molar-refractivity contribution in [1.82, 2.24) is 10.6 Å². The molecular formula is C14H21ClN2O3. The molecule has 0 bridgehead atoms. The standard InChI is InChI=1S/C14H20N2O3.ClH/c1-18-4-5-19-10-14(17)16-7-11-2-3-12-8-15-9-13(12)6-11;/h2-3,6,15H,4-5,7-10H2,1H3,(H,16,17);1H. The van der Waals surface area contributed by atoms with Crippen molar-refractivity contribution < 1.29 is 14.3 Å². The molecule has 1 heterocycles. The second kappa shape index (κ2) is 8.92. The molecule has 0 atom stereocenters. The molecule has 5 nitrogen and oxygen atoms in total. The lowest BCUT2D eigenvalue weighted by Gasteiger charge is -2.07. The number of amides is 1. The average Bonchev–Trinajstić information content (AvgIpc) is 2.89. The Labute approximate surface area is 125 Å². The molecule has 112 valence electrons. The molecule has 2 rings (SSSR count). The van der Waals surface area contributed by atoms with Crippen LogP contribution >= 0.6 is 12.4 Å². The Kier molecular flexibility index (Phi) is 7.54. The van der Waals surface area contributed by atoms with Gasteiger partial charge in [0.25, 0.3) is 0 Å². The molecular weight excluding hydrogens is 280 g/mol. The van der Waals surface area contributed by atoms with Crippen molar-refractivity contribution in [2.45, 2.75) is 19.6 Å². The molecule has 1 aliphatic heterocycles. The fourth-order valence-electron chi connectivity index (χ4n) is 2.02. The lowest BCUT2D eigenvalue weighted by Crippen LogP contribution is -2.27. The van der Waals surface area contributed by atoms with Crippen molar-refractivity contribution in [1.29, 1.82) is 0 Å². The third-order valence-electron chi connectivity index (χ3n) is 3.06. The second-order valence-electron chi connectivity index (χ2n) is 4.53. The first-order chi connectivity index (χ1) is 9.29. The van der Waals surface area contributed by atoms with Crippen LogP contribution in [0.15, 0.2) is 18.2 Å². The smallest absolute Gasteiger partial charge is 0.246 e. The summed E-state index contributed by atoms with van der Waals surface area (Å²) in [6, 6.07) is 6.31. The van der Waals surface area contributed by atoms with Gasteiger partial charge in [-0.3, -0.25) is 4.79 Å². The minimum Gasteiger partial charge on any atom is -0.382 e. The van der Waals surface area contributed by atoms with Gasteiger partial charge >= 0.3 is 0 Å². The number of methoxy groups -OCH3 is 1. The molecule has 1 aromatic carbocycles. The van der Waals surface area contributed by atoms with Crippen LogP contribution in [0.4, 0.5) is 0 Å². The van der Waals surface area contributed by atoms with Crippen LogP contribution in [-0.4, -0.2) is 32.8 Å². The largest absolute Gasteiger partial charge is 0.382 e. The zero-order valence-electron chi connectivity index (χ0n) is 11.6. The Balaban J connectivity index is 0.00000200. The van der Waals surface area contributed by atoms with E-state index in [1.165, 1.54) is 11.1 Å². The van der Waals surface area contributed by atoms with Gasteiger partial charge < -0.3 is 20.1 Å². The highest BCUT2D eigenvalue weighted by Crippen LogP contribution is 2.16. The van der Waals surface area contributed by atoms with E-state index in [2.05, 4.69) is 28.8 Å². The van der Waals surface area contributed by atoms with Gasteiger partial charge in [-0.15, -0.1) is 12.4 Å². The maximum Gasteiger partial charge on any atom is 0.246 e. The van der Waals surface area contributed by atoms with Gasteiger partial charge in [0.15, 0.2) is 0 Å². The quantitative estimate of drug-likeness (QED) is 0.737. The number of carbonyl (C=O) groups excluding carboxylic acids is 1. The topological polar surface area (TPSA) is 59.6 Å². The third kappa shape index (κ3) is 5.09. The number of carbonyl (C=O) groups is 1. The van der Waals surface area contributed by atoms with E-state index in [4.69, 9.17) is 9.47 Å². The highest BCUT2D eigenvalue weighted by molar-refractivity contribution is 5.85.